The molecule has 2 N–H and O–H groups in total. The Balaban J connectivity index is 1.61. The number of ether oxygens (including phenoxy) is 3. The summed E-state index contributed by atoms with van der Waals surface area (Å²) < 4.78 is 17.2. The first-order valence-electron chi connectivity index (χ1n) is 9.58. The predicted molar refractivity (Wildman–Crippen MR) is 115 cm³/mol. The van der Waals surface area contributed by atoms with Crippen molar-refractivity contribution in [2.24, 2.45) is 0 Å². The Hall–Kier alpha value is -4.01. The summed E-state index contributed by atoms with van der Waals surface area (Å²) in [6.45, 7) is 0. The van der Waals surface area contributed by atoms with Crippen LogP contribution in [-0.2, 0) is 9.59 Å². The lowest BCUT2D eigenvalue weighted by atomic mass is 10.1. The molecule has 160 valence electrons. The molecule has 0 saturated carbocycles. The fourth-order valence-corrected chi connectivity index (χ4v) is 3.49. The van der Waals surface area contributed by atoms with Gasteiger partial charge in [-0.15, -0.1) is 0 Å². The van der Waals surface area contributed by atoms with Crippen LogP contribution in [0.1, 0.15) is 12.5 Å². The number of rotatable bonds is 6. The lowest BCUT2D eigenvalue weighted by molar-refractivity contribution is -0.125. The number of fused-ring (bicyclic) bond motifs is 1. The number of aromatic nitrogens is 2. The summed E-state index contributed by atoms with van der Waals surface area (Å²) in [6, 6.07) is 11.7. The molecule has 0 fully saturated rings. The van der Waals surface area contributed by atoms with Crippen LogP contribution in [0.15, 0.2) is 48.7 Å². The van der Waals surface area contributed by atoms with Gasteiger partial charge in [-0.2, -0.15) is 5.10 Å². The maximum atomic E-state index is 13.0. The Bertz CT molecular complexity index is 1120. The van der Waals surface area contributed by atoms with E-state index in [1.165, 1.54) is 18.9 Å². The van der Waals surface area contributed by atoms with E-state index in [1.54, 1.807) is 31.5 Å². The molecule has 1 atom stereocenters. The van der Waals surface area contributed by atoms with Crippen molar-refractivity contribution < 1.29 is 23.8 Å². The smallest absolute Gasteiger partial charge is 0.249 e. The molecular formula is C22H22N4O5. The van der Waals surface area contributed by atoms with Gasteiger partial charge in [0.25, 0.3) is 0 Å². The van der Waals surface area contributed by atoms with Gasteiger partial charge in [0.2, 0.25) is 11.8 Å². The Morgan fingerprint density at radius 1 is 1.06 bits per heavy atom. The monoisotopic (exact) mass is 422 g/mol. The van der Waals surface area contributed by atoms with Crippen molar-refractivity contribution in [3.05, 3.63) is 48.7 Å². The van der Waals surface area contributed by atoms with Crippen molar-refractivity contribution in [1.29, 1.82) is 0 Å². The first-order valence-corrected chi connectivity index (χ1v) is 9.58. The van der Waals surface area contributed by atoms with E-state index in [4.69, 9.17) is 14.2 Å². The third kappa shape index (κ3) is 3.89. The normalized spacial score (nSPS) is 14.9. The first kappa shape index (κ1) is 20.3. The number of amides is 2. The van der Waals surface area contributed by atoms with Crippen LogP contribution in [0.5, 0.6) is 17.2 Å². The van der Waals surface area contributed by atoms with Gasteiger partial charge in [-0.25, -0.2) is 4.68 Å². The van der Waals surface area contributed by atoms with Crippen molar-refractivity contribution in [2.75, 3.05) is 32.0 Å². The highest BCUT2D eigenvalue weighted by molar-refractivity contribution is 6.03. The van der Waals surface area contributed by atoms with E-state index in [1.807, 2.05) is 24.3 Å². The third-order valence-corrected chi connectivity index (χ3v) is 5.08. The minimum atomic E-state index is -0.788. The second-order valence-corrected chi connectivity index (χ2v) is 6.91. The van der Waals surface area contributed by atoms with Crippen molar-refractivity contribution in [3.63, 3.8) is 0 Å². The largest absolute Gasteiger partial charge is 0.497 e. The minimum Gasteiger partial charge on any atom is -0.497 e. The van der Waals surface area contributed by atoms with Crippen LogP contribution in [0.25, 0.3) is 11.1 Å². The van der Waals surface area contributed by atoms with Gasteiger partial charge in [0.15, 0.2) is 11.5 Å². The number of carbonyl (C=O) groups is 2. The topological polar surface area (TPSA) is 104 Å². The molecular weight excluding hydrogens is 400 g/mol. The fraction of sp³-hybridized carbons (Fsp3) is 0.227. The number of hydrogen-bond acceptors (Lipinski definition) is 6. The molecule has 9 nitrogen and oxygen atoms in total. The summed E-state index contributed by atoms with van der Waals surface area (Å²) >= 11 is 0. The fourth-order valence-electron chi connectivity index (χ4n) is 3.49. The Morgan fingerprint density at radius 2 is 1.81 bits per heavy atom. The molecule has 2 amide bonds. The maximum Gasteiger partial charge on any atom is 0.249 e. The number of nitrogens with one attached hydrogen (secondary N) is 2. The highest BCUT2D eigenvalue weighted by Crippen LogP contribution is 2.35. The molecule has 0 spiro atoms. The van der Waals surface area contributed by atoms with Gasteiger partial charge in [-0.1, -0.05) is 12.1 Å². The predicted octanol–water partition coefficient (Wildman–Crippen LogP) is 3.10. The number of anilines is 2. The van der Waals surface area contributed by atoms with Gasteiger partial charge >= 0.3 is 0 Å². The summed E-state index contributed by atoms with van der Waals surface area (Å²) in [5.74, 6) is 1.64. The van der Waals surface area contributed by atoms with Gasteiger partial charge in [0, 0.05) is 17.3 Å². The standard InChI is InChI=1S/C22H22N4O5/c1-29-15-7-4-13(5-8-15)16-12-23-26-17(11-20(27)25-21(16)26)22(28)24-14-6-9-18(30-2)19(10-14)31-3/h4-10,12,17H,11H2,1-3H3,(H,24,28)(H,25,27). The molecule has 1 aromatic heterocycles. The van der Waals surface area contributed by atoms with E-state index >= 15 is 0 Å². The molecule has 2 aromatic carbocycles. The van der Waals surface area contributed by atoms with Crippen molar-refractivity contribution in [3.8, 4) is 28.4 Å². The van der Waals surface area contributed by atoms with E-state index in [9.17, 15) is 9.59 Å². The molecule has 0 radical (unpaired) electrons. The van der Waals surface area contributed by atoms with Crippen LogP contribution in [0.4, 0.5) is 11.5 Å². The van der Waals surface area contributed by atoms with Gasteiger partial charge in [-0.3, -0.25) is 9.59 Å². The average Bonchev–Trinajstić information content (AvgIpc) is 3.22. The van der Waals surface area contributed by atoms with Crippen molar-refractivity contribution >= 4 is 23.3 Å². The summed E-state index contributed by atoms with van der Waals surface area (Å²) in [7, 11) is 4.65. The van der Waals surface area contributed by atoms with Crippen LogP contribution < -0.4 is 24.8 Å². The van der Waals surface area contributed by atoms with Crippen LogP contribution >= 0.6 is 0 Å². The van der Waals surface area contributed by atoms with Gasteiger partial charge in [-0.05, 0) is 29.8 Å². The zero-order valence-corrected chi connectivity index (χ0v) is 17.3. The number of methoxy groups -OCH3 is 3. The van der Waals surface area contributed by atoms with Gasteiger partial charge in [0.05, 0.1) is 33.9 Å². The van der Waals surface area contributed by atoms with E-state index in [-0.39, 0.29) is 18.2 Å². The summed E-state index contributed by atoms with van der Waals surface area (Å²) in [6.07, 6.45) is 1.62. The van der Waals surface area contributed by atoms with E-state index in [0.29, 0.717) is 23.0 Å². The van der Waals surface area contributed by atoms with E-state index in [2.05, 4.69) is 15.7 Å². The lowest BCUT2D eigenvalue weighted by Crippen LogP contribution is -2.35. The highest BCUT2D eigenvalue weighted by atomic mass is 16.5. The highest BCUT2D eigenvalue weighted by Gasteiger charge is 2.33. The summed E-state index contributed by atoms with van der Waals surface area (Å²) in [4.78, 5) is 25.4. The number of benzene rings is 2. The quantitative estimate of drug-likeness (QED) is 0.633. The molecule has 2 heterocycles. The molecule has 4 rings (SSSR count). The minimum absolute atomic E-state index is 0.0180. The molecule has 9 heteroatoms. The van der Waals surface area contributed by atoms with Gasteiger partial charge in [0.1, 0.15) is 17.6 Å². The average molecular weight is 422 g/mol. The Kier molecular flexibility index (Phi) is 5.48. The van der Waals surface area contributed by atoms with Crippen LogP contribution in [0.2, 0.25) is 0 Å². The third-order valence-electron chi connectivity index (χ3n) is 5.08. The molecule has 31 heavy (non-hydrogen) atoms. The van der Waals surface area contributed by atoms with Crippen molar-refractivity contribution in [2.45, 2.75) is 12.5 Å². The molecule has 0 bridgehead atoms. The molecule has 3 aromatic rings. The Morgan fingerprint density at radius 3 is 2.48 bits per heavy atom. The second kappa shape index (κ2) is 8.39. The van der Waals surface area contributed by atoms with Crippen LogP contribution in [-0.4, -0.2) is 42.9 Å². The molecule has 1 unspecified atom stereocenters. The van der Waals surface area contributed by atoms with Crippen LogP contribution in [0.3, 0.4) is 0 Å². The molecule has 0 saturated heterocycles. The number of hydrogen-bond donors (Lipinski definition) is 2. The zero-order chi connectivity index (χ0) is 22.0. The van der Waals surface area contributed by atoms with E-state index in [0.717, 1.165) is 16.9 Å². The van der Waals surface area contributed by atoms with Gasteiger partial charge < -0.3 is 24.8 Å². The summed E-state index contributed by atoms with van der Waals surface area (Å²) in [5, 5.41) is 10.0. The molecule has 1 aliphatic rings. The lowest BCUT2D eigenvalue weighted by Gasteiger charge is -2.24. The van der Waals surface area contributed by atoms with E-state index < -0.39 is 6.04 Å². The first-order chi connectivity index (χ1) is 15.0. The summed E-state index contributed by atoms with van der Waals surface area (Å²) in [5.41, 5.74) is 2.10. The maximum absolute atomic E-state index is 13.0. The second-order valence-electron chi connectivity index (χ2n) is 6.91. The Labute approximate surface area is 178 Å². The number of carbonyl (C=O) groups excluding carboxylic acids is 2. The van der Waals surface area contributed by atoms with Crippen molar-refractivity contribution in [1.82, 2.24) is 9.78 Å². The molecule has 1 aliphatic heterocycles. The molecule has 0 aliphatic carbocycles. The number of nitrogens with zero attached hydrogens (tertiary/aromatic N) is 2. The zero-order valence-electron chi connectivity index (χ0n) is 17.3. The SMILES string of the molecule is COc1ccc(-c2cnn3c2NC(=O)CC3C(=O)Nc2ccc(OC)c(OC)c2)cc1. The van der Waals surface area contributed by atoms with Crippen LogP contribution in [0, 0.1) is 0 Å².